The first-order valence-electron chi connectivity index (χ1n) is 4.95. The van der Waals surface area contributed by atoms with E-state index in [2.05, 4.69) is 20.8 Å². The number of carbonyl (C=O) groups is 1. The molecule has 1 N–H and O–H groups in total. The minimum atomic E-state index is -0.0313. The monoisotopic (exact) mass is 184 g/mol. The molecule has 2 fully saturated rings. The van der Waals surface area contributed by atoms with Crippen LogP contribution >= 0.6 is 0 Å². The molecule has 0 heterocycles. The molecule has 0 spiro atoms. The summed E-state index contributed by atoms with van der Waals surface area (Å²) in [5.74, 6) is 0.780. The molecule has 0 aromatic heterocycles. The number of rotatable bonds is 0. The van der Waals surface area contributed by atoms with Crippen molar-refractivity contribution in [1.82, 2.24) is 0 Å². The van der Waals surface area contributed by atoms with Crippen LogP contribution in [0.2, 0.25) is 0 Å². The summed E-state index contributed by atoms with van der Waals surface area (Å²) in [5.41, 5.74) is 0.601. The summed E-state index contributed by atoms with van der Waals surface area (Å²) in [6.07, 6.45) is 3.58. The second-order valence-electron chi connectivity index (χ2n) is 5.13. The van der Waals surface area contributed by atoms with Gasteiger partial charge in [0.1, 0.15) is 6.79 Å². The maximum absolute atomic E-state index is 9.81. The van der Waals surface area contributed by atoms with Crippen LogP contribution in [0.5, 0.6) is 0 Å². The van der Waals surface area contributed by atoms with Gasteiger partial charge < -0.3 is 9.90 Å². The van der Waals surface area contributed by atoms with Gasteiger partial charge in [0.25, 0.3) is 0 Å². The Labute approximate surface area is 80.3 Å². The molecule has 0 saturated heterocycles. The van der Waals surface area contributed by atoms with Gasteiger partial charge in [-0.2, -0.15) is 0 Å². The molecule has 0 amide bonds. The van der Waals surface area contributed by atoms with Gasteiger partial charge in [-0.05, 0) is 36.0 Å². The average molecular weight is 184 g/mol. The zero-order valence-corrected chi connectivity index (χ0v) is 8.84. The summed E-state index contributed by atoms with van der Waals surface area (Å²) in [5, 5.41) is 9.81. The zero-order valence-electron chi connectivity index (χ0n) is 8.84. The molecule has 2 aliphatic rings. The first-order valence-corrected chi connectivity index (χ1v) is 4.95. The lowest BCUT2D eigenvalue weighted by molar-refractivity contribution is -0.0979. The summed E-state index contributed by atoms with van der Waals surface area (Å²) < 4.78 is 0. The van der Waals surface area contributed by atoms with Crippen molar-refractivity contribution in [3.05, 3.63) is 0 Å². The number of aliphatic hydroxyl groups excluding tert-OH is 1. The third kappa shape index (κ3) is 1.15. The first kappa shape index (κ1) is 10.7. The maximum Gasteiger partial charge on any atom is 0.106 e. The maximum atomic E-state index is 9.81. The lowest BCUT2D eigenvalue weighted by atomic mass is 9.70. The van der Waals surface area contributed by atoms with Crippen molar-refractivity contribution in [2.24, 2.45) is 16.7 Å². The molecule has 13 heavy (non-hydrogen) atoms. The number of carbonyl (C=O) groups excluding carboxylic acids is 1. The Balaban J connectivity index is 0.000000396. The Morgan fingerprint density at radius 1 is 1.31 bits per heavy atom. The van der Waals surface area contributed by atoms with E-state index in [4.69, 9.17) is 4.79 Å². The average Bonchev–Trinajstić information content (AvgIpc) is 2.41. The van der Waals surface area contributed by atoms with E-state index in [9.17, 15) is 5.11 Å². The Hall–Kier alpha value is -0.370. The van der Waals surface area contributed by atoms with Crippen LogP contribution in [0.25, 0.3) is 0 Å². The predicted molar refractivity (Wildman–Crippen MR) is 52.4 cm³/mol. The Morgan fingerprint density at radius 3 is 2.00 bits per heavy atom. The molecule has 2 aliphatic carbocycles. The molecule has 0 aromatic carbocycles. The van der Waals surface area contributed by atoms with E-state index in [-0.39, 0.29) is 11.5 Å². The van der Waals surface area contributed by atoms with Gasteiger partial charge in [0.05, 0.1) is 6.10 Å². The second-order valence-corrected chi connectivity index (χ2v) is 5.13. The van der Waals surface area contributed by atoms with E-state index in [0.29, 0.717) is 5.41 Å². The van der Waals surface area contributed by atoms with Crippen molar-refractivity contribution in [3.63, 3.8) is 0 Å². The molecule has 0 radical (unpaired) electrons. The minimum absolute atomic E-state index is 0.0313. The van der Waals surface area contributed by atoms with Crippen molar-refractivity contribution >= 4 is 6.79 Å². The van der Waals surface area contributed by atoms with Gasteiger partial charge in [0, 0.05) is 0 Å². The van der Waals surface area contributed by atoms with Crippen LogP contribution in [-0.4, -0.2) is 18.0 Å². The molecular formula is C11H20O2. The fourth-order valence-electron chi connectivity index (χ4n) is 3.16. The van der Waals surface area contributed by atoms with Crippen molar-refractivity contribution < 1.29 is 9.90 Å². The van der Waals surface area contributed by atoms with Crippen LogP contribution in [0.4, 0.5) is 0 Å². The summed E-state index contributed by atoms with van der Waals surface area (Å²) in [6.45, 7) is 8.90. The van der Waals surface area contributed by atoms with Crippen LogP contribution in [-0.2, 0) is 4.79 Å². The van der Waals surface area contributed by atoms with Gasteiger partial charge in [-0.3, -0.25) is 0 Å². The highest BCUT2D eigenvalue weighted by Gasteiger charge is 2.60. The Bertz CT molecular complexity index is 200. The third-order valence-electron chi connectivity index (χ3n) is 4.75. The Morgan fingerprint density at radius 2 is 1.85 bits per heavy atom. The number of fused-ring (bicyclic) bond motifs is 2. The Kier molecular flexibility index (Phi) is 2.54. The molecule has 2 heteroatoms. The summed E-state index contributed by atoms with van der Waals surface area (Å²) in [6, 6.07) is 0. The minimum Gasteiger partial charge on any atom is -0.393 e. The van der Waals surface area contributed by atoms with Crippen LogP contribution in [0, 0.1) is 16.7 Å². The SMILES string of the molecule is C=O.CC1(C)[C@@H]2CC[C@]1(C)[C@@H](O)C2. The first-order chi connectivity index (χ1) is 5.98. The standard InChI is InChI=1S/C10H18O.CH2O/c1-9(2)7-4-5-10(9,3)8(11)6-7;1-2/h7-8,11H,4-6H2,1-3H3;1H2/t7-,8+,10-;/m1./s1. The van der Waals surface area contributed by atoms with Crippen LogP contribution in [0.1, 0.15) is 40.0 Å². The molecule has 0 aromatic rings. The summed E-state index contributed by atoms with van der Waals surface area (Å²) in [7, 11) is 0. The van der Waals surface area contributed by atoms with Gasteiger partial charge >= 0.3 is 0 Å². The number of hydrogen-bond donors (Lipinski definition) is 1. The van der Waals surface area contributed by atoms with Gasteiger partial charge in [0.2, 0.25) is 0 Å². The molecule has 2 rings (SSSR count). The normalized spacial score (nSPS) is 45.5. The smallest absolute Gasteiger partial charge is 0.106 e. The second kappa shape index (κ2) is 3.09. The molecule has 2 nitrogen and oxygen atoms in total. The largest absolute Gasteiger partial charge is 0.393 e. The van der Waals surface area contributed by atoms with Crippen LogP contribution in [0.3, 0.4) is 0 Å². The highest BCUT2D eigenvalue weighted by atomic mass is 16.3. The van der Waals surface area contributed by atoms with Gasteiger partial charge in [0.15, 0.2) is 0 Å². The van der Waals surface area contributed by atoms with E-state index >= 15 is 0 Å². The number of aliphatic hydroxyl groups is 1. The summed E-state index contributed by atoms with van der Waals surface area (Å²) >= 11 is 0. The van der Waals surface area contributed by atoms with Crippen molar-refractivity contribution in [2.75, 3.05) is 0 Å². The van der Waals surface area contributed by atoms with E-state index in [1.807, 2.05) is 6.79 Å². The molecule has 3 atom stereocenters. The lowest BCUT2D eigenvalue weighted by Gasteiger charge is -2.36. The molecule has 0 unspecified atom stereocenters. The summed E-state index contributed by atoms with van der Waals surface area (Å²) in [4.78, 5) is 8.00. The highest BCUT2D eigenvalue weighted by Crippen LogP contribution is 2.65. The van der Waals surface area contributed by atoms with Gasteiger partial charge in [-0.25, -0.2) is 0 Å². The van der Waals surface area contributed by atoms with Crippen molar-refractivity contribution in [1.29, 1.82) is 0 Å². The topological polar surface area (TPSA) is 37.3 Å². The third-order valence-corrected chi connectivity index (χ3v) is 4.75. The van der Waals surface area contributed by atoms with E-state index in [1.165, 1.54) is 12.8 Å². The van der Waals surface area contributed by atoms with Crippen molar-refractivity contribution in [2.45, 2.75) is 46.1 Å². The number of hydrogen-bond acceptors (Lipinski definition) is 2. The molecule has 2 bridgehead atoms. The molecule has 76 valence electrons. The van der Waals surface area contributed by atoms with Gasteiger partial charge in [-0.1, -0.05) is 20.8 Å². The van der Waals surface area contributed by atoms with Crippen LogP contribution < -0.4 is 0 Å². The lowest BCUT2D eigenvalue weighted by Crippen LogP contribution is -2.35. The van der Waals surface area contributed by atoms with Crippen molar-refractivity contribution in [3.8, 4) is 0 Å². The fraction of sp³-hybridized carbons (Fsp3) is 0.909. The van der Waals surface area contributed by atoms with Gasteiger partial charge in [-0.15, -0.1) is 0 Å². The predicted octanol–water partition coefficient (Wildman–Crippen LogP) is 2.01. The molecular weight excluding hydrogens is 164 g/mol. The van der Waals surface area contributed by atoms with E-state index in [1.54, 1.807) is 0 Å². The molecule has 0 aliphatic heterocycles. The zero-order chi connectivity index (χ0) is 10.3. The highest BCUT2D eigenvalue weighted by molar-refractivity contribution is 5.11. The fourth-order valence-corrected chi connectivity index (χ4v) is 3.16. The van der Waals surface area contributed by atoms with Crippen LogP contribution in [0.15, 0.2) is 0 Å². The van der Waals surface area contributed by atoms with E-state index < -0.39 is 0 Å². The quantitative estimate of drug-likeness (QED) is 0.625. The van der Waals surface area contributed by atoms with E-state index in [0.717, 1.165) is 12.3 Å². The molecule has 2 saturated carbocycles.